The normalized spacial score (nSPS) is 20.3. The molecule has 1 heterocycles. The molecule has 1 aliphatic heterocycles. The molecule has 3 aliphatic rings. The number of allylic oxidation sites excluding steroid dienone is 8. The molecule has 2 aliphatic carbocycles. The molecule has 0 unspecified atom stereocenters. The van der Waals surface area contributed by atoms with E-state index < -0.39 is 39.1 Å². The molecular formula is C18H28Cl2HfSi2. The molecule has 0 nitrogen and oxygen atoms in total. The third-order valence-electron chi connectivity index (χ3n) is 4.94. The maximum atomic E-state index is 2.62. The standard InChI is InChI=1S/C18H28Si2.2ClH.Hf/c1-19(2,3)17-11-7-9-15(17)13-14-16-10-8-12-18(16)20(4,5)6;;;/h11-12H,7-8,13-14H2,1-6H3;2*1H;/q;;;+2/p-2. The van der Waals surface area contributed by atoms with Crippen molar-refractivity contribution in [2.24, 2.45) is 0 Å². The molecule has 0 aromatic carbocycles. The largest absolute Gasteiger partial charge is 1.00 e. The van der Waals surface area contributed by atoms with Gasteiger partial charge in [-0.25, -0.2) is 0 Å². The summed E-state index contributed by atoms with van der Waals surface area (Å²) in [5.41, 5.74) is 3.73. The van der Waals surface area contributed by atoms with Gasteiger partial charge < -0.3 is 24.8 Å². The molecular weight excluding hydrogens is 522 g/mol. The van der Waals surface area contributed by atoms with Crippen LogP contribution in [0.5, 0.6) is 0 Å². The summed E-state index contributed by atoms with van der Waals surface area (Å²) in [5, 5.41) is 3.65. The molecule has 0 spiro atoms. The van der Waals surface area contributed by atoms with Crippen molar-refractivity contribution >= 4 is 16.1 Å². The van der Waals surface area contributed by atoms with Gasteiger partial charge in [-0.2, -0.15) is 0 Å². The molecule has 0 amide bonds. The van der Waals surface area contributed by atoms with Crippen LogP contribution in [0.4, 0.5) is 0 Å². The van der Waals surface area contributed by atoms with E-state index in [1.807, 2.05) is 28.2 Å². The molecule has 0 N–H and O–H groups in total. The van der Waals surface area contributed by atoms with Gasteiger partial charge in [0.15, 0.2) is 0 Å². The van der Waals surface area contributed by atoms with E-state index in [1.54, 1.807) is 0 Å². The maximum absolute atomic E-state index is 2.62. The molecule has 0 saturated heterocycles. The van der Waals surface area contributed by atoms with Crippen LogP contribution < -0.4 is 24.8 Å². The van der Waals surface area contributed by atoms with Crippen molar-refractivity contribution in [2.45, 2.75) is 65.0 Å². The summed E-state index contributed by atoms with van der Waals surface area (Å²) in [6.07, 6.45) is 10.6. The topological polar surface area (TPSA) is 0 Å². The molecule has 126 valence electrons. The summed E-state index contributed by atoms with van der Waals surface area (Å²) in [6, 6.07) is 0. The van der Waals surface area contributed by atoms with Crippen LogP contribution in [0.25, 0.3) is 0 Å². The van der Waals surface area contributed by atoms with E-state index in [0.29, 0.717) is 0 Å². The third kappa shape index (κ3) is 4.34. The molecule has 0 radical (unpaired) electrons. The zero-order valence-corrected chi connectivity index (χ0v) is 22.3. The van der Waals surface area contributed by atoms with Gasteiger partial charge in [-0.05, 0) is 0 Å². The number of hydrogen-bond acceptors (Lipinski definition) is 0. The minimum atomic E-state index is -1.13. The smallest absolute Gasteiger partial charge is 1.00 e. The number of hydrogen-bond donors (Lipinski definition) is 0. The zero-order chi connectivity index (χ0) is 15.4. The van der Waals surface area contributed by atoms with Gasteiger partial charge in [-0.3, -0.25) is 0 Å². The van der Waals surface area contributed by atoms with Gasteiger partial charge in [0.25, 0.3) is 0 Å². The fraction of sp³-hybridized carbons (Fsp3) is 0.556. The maximum Gasteiger partial charge on any atom is -1.00 e. The SMILES string of the molecule is C[Si](C)(C)C1=CC[C]2=C1CCC1=[C](CC=C1[Si](C)(C)C)[Hf+2]2.[Cl-].[Cl-]. The molecule has 0 fully saturated rings. The summed E-state index contributed by atoms with van der Waals surface area (Å²) in [5.74, 6) is 0. The van der Waals surface area contributed by atoms with Gasteiger partial charge in [-0.15, -0.1) is 0 Å². The van der Waals surface area contributed by atoms with E-state index in [9.17, 15) is 0 Å². The number of rotatable bonds is 2. The Morgan fingerprint density at radius 2 is 1.04 bits per heavy atom. The van der Waals surface area contributed by atoms with Gasteiger partial charge in [-0.1, -0.05) is 0 Å². The van der Waals surface area contributed by atoms with Crippen LogP contribution in [0.3, 0.4) is 0 Å². The summed E-state index contributed by atoms with van der Waals surface area (Å²) < 4.78 is 3.92. The summed E-state index contributed by atoms with van der Waals surface area (Å²) in [4.78, 5) is 0. The predicted molar refractivity (Wildman–Crippen MR) is 95.4 cm³/mol. The van der Waals surface area contributed by atoms with E-state index >= 15 is 0 Å². The first kappa shape index (κ1) is 21.9. The van der Waals surface area contributed by atoms with E-state index in [4.69, 9.17) is 0 Å². The molecule has 0 bridgehead atoms. The van der Waals surface area contributed by atoms with Crippen molar-refractivity contribution in [3.8, 4) is 0 Å². The molecule has 23 heavy (non-hydrogen) atoms. The molecule has 0 aromatic heterocycles. The van der Waals surface area contributed by atoms with E-state index in [-0.39, 0.29) is 24.8 Å². The predicted octanol–water partition coefficient (Wildman–Crippen LogP) is -0.206. The quantitative estimate of drug-likeness (QED) is 0.419. The third-order valence-corrected chi connectivity index (χ3v) is 15.0. The fourth-order valence-electron chi connectivity index (χ4n) is 4.00. The second-order valence-electron chi connectivity index (χ2n) is 8.68. The Labute approximate surface area is 168 Å². The van der Waals surface area contributed by atoms with Crippen LogP contribution in [0.15, 0.2) is 40.4 Å². The first-order valence-electron chi connectivity index (χ1n) is 8.31. The second kappa shape index (κ2) is 7.61. The summed E-state index contributed by atoms with van der Waals surface area (Å²) >= 11 is -0.718. The second-order valence-corrected chi connectivity index (χ2v) is 24.0. The van der Waals surface area contributed by atoms with E-state index in [0.717, 1.165) is 0 Å². The Balaban J connectivity index is 0.00000132. The monoisotopic (exact) mass is 550 g/mol. The van der Waals surface area contributed by atoms with Crippen molar-refractivity contribution < 1.29 is 47.7 Å². The average molecular weight is 550 g/mol. The van der Waals surface area contributed by atoms with Crippen LogP contribution in [0.2, 0.25) is 39.3 Å². The van der Waals surface area contributed by atoms with Crippen molar-refractivity contribution in [2.75, 3.05) is 0 Å². The minimum Gasteiger partial charge on any atom is -1.00 e. The van der Waals surface area contributed by atoms with E-state index in [1.165, 1.54) is 25.7 Å². The van der Waals surface area contributed by atoms with Crippen LogP contribution in [0.1, 0.15) is 25.7 Å². The van der Waals surface area contributed by atoms with Crippen molar-refractivity contribution in [1.29, 1.82) is 0 Å². The zero-order valence-electron chi connectivity index (χ0n) is 15.2. The first-order chi connectivity index (χ1) is 9.68. The minimum absolute atomic E-state index is 0. The summed E-state index contributed by atoms with van der Waals surface area (Å²) in [7, 11) is -2.27. The Kier molecular flexibility index (Phi) is 7.24. The van der Waals surface area contributed by atoms with Crippen LogP contribution in [-0.2, 0) is 22.9 Å². The number of halogens is 2. The van der Waals surface area contributed by atoms with Crippen molar-refractivity contribution in [3.63, 3.8) is 0 Å². The Morgan fingerprint density at radius 3 is 1.35 bits per heavy atom. The Bertz CT molecular complexity index is 560. The van der Waals surface area contributed by atoms with Crippen molar-refractivity contribution in [1.82, 2.24) is 0 Å². The molecule has 0 atom stereocenters. The molecule has 5 heteroatoms. The van der Waals surface area contributed by atoms with Gasteiger partial charge in [0.1, 0.15) is 0 Å². The molecule has 3 rings (SSSR count). The van der Waals surface area contributed by atoms with Gasteiger partial charge in [0.05, 0.1) is 0 Å². The van der Waals surface area contributed by atoms with Crippen LogP contribution in [-0.4, -0.2) is 16.1 Å². The average Bonchev–Trinajstić information content (AvgIpc) is 2.87. The van der Waals surface area contributed by atoms with Gasteiger partial charge in [0.2, 0.25) is 0 Å². The summed E-state index contributed by atoms with van der Waals surface area (Å²) in [6.45, 7) is 15.2. The van der Waals surface area contributed by atoms with Gasteiger partial charge >= 0.3 is 144 Å². The fourth-order valence-corrected chi connectivity index (χ4v) is 14.4. The Hall–Kier alpha value is 0.844. The van der Waals surface area contributed by atoms with Gasteiger partial charge in [0, 0.05) is 0 Å². The van der Waals surface area contributed by atoms with Crippen LogP contribution >= 0.6 is 0 Å². The Morgan fingerprint density at radius 1 is 0.696 bits per heavy atom. The molecule has 0 saturated carbocycles. The van der Waals surface area contributed by atoms with Crippen LogP contribution in [0, 0.1) is 0 Å². The molecule has 0 aromatic rings. The first-order valence-corrected chi connectivity index (χ1v) is 18.9. The van der Waals surface area contributed by atoms with E-state index in [2.05, 4.69) is 51.4 Å². The van der Waals surface area contributed by atoms with Crippen molar-refractivity contribution in [3.05, 3.63) is 40.4 Å².